The van der Waals surface area contributed by atoms with Crippen molar-refractivity contribution in [3.8, 4) is 0 Å². The standard InChI is InChI=1S/C25H40N4O2/c1-5-21-10-6-7-11-23(21)26-24(30)17-28-13-15-29(16-14-28)20(4)25(31)27-22-12-8-9-18(2)19(22)3/h6-7,10-11,18-20,22H,5,8-9,12-17H2,1-4H3,(H,26,30)(H,27,31)/t18-,19-,20+,22+/m0/s1. The Balaban J connectivity index is 1.43. The first kappa shape index (κ1) is 23.7. The lowest BCUT2D eigenvalue weighted by molar-refractivity contribution is -0.128. The Morgan fingerprint density at radius 1 is 1.10 bits per heavy atom. The van der Waals surface area contributed by atoms with E-state index in [1.54, 1.807) is 0 Å². The van der Waals surface area contributed by atoms with Crippen LogP contribution in [0.25, 0.3) is 0 Å². The van der Waals surface area contributed by atoms with Crippen molar-refractivity contribution in [2.45, 2.75) is 65.5 Å². The Morgan fingerprint density at radius 2 is 1.81 bits per heavy atom. The van der Waals surface area contributed by atoms with Crippen LogP contribution >= 0.6 is 0 Å². The van der Waals surface area contributed by atoms with Gasteiger partial charge in [-0.15, -0.1) is 0 Å². The second kappa shape index (κ2) is 11.1. The molecule has 1 aromatic rings. The molecule has 1 aliphatic heterocycles. The maximum atomic E-state index is 12.9. The Bertz CT molecular complexity index is 745. The number of rotatable bonds is 7. The van der Waals surface area contributed by atoms with Crippen molar-refractivity contribution in [1.29, 1.82) is 0 Å². The molecule has 0 spiro atoms. The summed E-state index contributed by atoms with van der Waals surface area (Å²) in [6.07, 6.45) is 4.46. The lowest BCUT2D eigenvalue weighted by Crippen LogP contribution is -2.56. The van der Waals surface area contributed by atoms with Crippen LogP contribution in [0.15, 0.2) is 24.3 Å². The molecular formula is C25H40N4O2. The highest BCUT2D eigenvalue weighted by Crippen LogP contribution is 2.29. The van der Waals surface area contributed by atoms with E-state index in [2.05, 4.69) is 47.3 Å². The predicted molar refractivity (Wildman–Crippen MR) is 126 cm³/mol. The lowest BCUT2D eigenvalue weighted by Gasteiger charge is -2.39. The first-order chi connectivity index (χ1) is 14.9. The molecule has 2 fully saturated rings. The molecular weight excluding hydrogens is 388 g/mol. The number of hydrogen-bond acceptors (Lipinski definition) is 4. The van der Waals surface area contributed by atoms with Gasteiger partial charge in [0, 0.05) is 37.9 Å². The third-order valence-corrected chi connectivity index (χ3v) is 7.41. The zero-order valence-electron chi connectivity index (χ0n) is 19.7. The molecule has 1 saturated heterocycles. The summed E-state index contributed by atoms with van der Waals surface area (Å²) in [4.78, 5) is 29.8. The van der Waals surface area contributed by atoms with Gasteiger partial charge in [-0.2, -0.15) is 0 Å². The van der Waals surface area contributed by atoms with Crippen LogP contribution in [0.5, 0.6) is 0 Å². The van der Waals surface area contributed by atoms with E-state index < -0.39 is 0 Å². The number of benzene rings is 1. The summed E-state index contributed by atoms with van der Waals surface area (Å²) < 4.78 is 0. The van der Waals surface area contributed by atoms with Crippen LogP contribution in [-0.4, -0.2) is 66.4 Å². The fraction of sp³-hybridized carbons (Fsp3) is 0.680. The molecule has 0 unspecified atom stereocenters. The summed E-state index contributed by atoms with van der Waals surface area (Å²) in [5, 5.41) is 6.38. The van der Waals surface area contributed by atoms with Gasteiger partial charge in [-0.05, 0) is 43.2 Å². The quantitative estimate of drug-likeness (QED) is 0.700. The van der Waals surface area contributed by atoms with Crippen molar-refractivity contribution in [2.24, 2.45) is 11.8 Å². The van der Waals surface area contributed by atoms with Gasteiger partial charge < -0.3 is 10.6 Å². The van der Waals surface area contributed by atoms with Gasteiger partial charge in [0.1, 0.15) is 0 Å². The number of nitrogens with zero attached hydrogens (tertiary/aromatic N) is 2. The number of anilines is 1. The number of carbonyl (C=O) groups excluding carboxylic acids is 2. The van der Waals surface area contributed by atoms with Gasteiger partial charge in [-0.3, -0.25) is 19.4 Å². The van der Waals surface area contributed by atoms with Crippen molar-refractivity contribution in [3.05, 3.63) is 29.8 Å². The minimum atomic E-state index is -0.128. The second-order valence-corrected chi connectivity index (χ2v) is 9.43. The van der Waals surface area contributed by atoms with Crippen LogP contribution in [-0.2, 0) is 16.0 Å². The fourth-order valence-corrected chi connectivity index (χ4v) is 4.91. The molecule has 2 N–H and O–H groups in total. The monoisotopic (exact) mass is 428 g/mol. The van der Waals surface area contributed by atoms with Crippen LogP contribution in [0.1, 0.15) is 52.5 Å². The topological polar surface area (TPSA) is 64.7 Å². The number of amides is 2. The van der Waals surface area contributed by atoms with E-state index in [1.165, 1.54) is 12.8 Å². The molecule has 6 heteroatoms. The summed E-state index contributed by atoms with van der Waals surface area (Å²) in [6.45, 7) is 12.3. The highest BCUT2D eigenvalue weighted by Gasteiger charge is 2.31. The second-order valence-electron chi connectivity index (χ2n) is 9.43. The van der Waals surface area contributed by atoms with E-state index in [-0.39, 0.29) is 17.9 Å². The first-order valence-electron chi connectivity index (χ1n) is 12.0. The predicted octanol–water partition coefficient (Wildman–Crippen LogP) is 3.13. The average Bonchev–Trinajstić information content (AvgIpc) is 2.77. The highest BCUT2D eigenvalue weighted by molar-refractivity contribution is 5.93. The number of aryl methyl sites for hydroxylation is 1. The highest BCUT2D eigenvalue weighted by atomic mass is 16.2. The molecule has 1 saturated carbocycles. The van der Waals surface area contributed by atoms with Gasteiger partial charge in [0.05, 0.1) is 12.6 Å². The molecule has 0 radical (unpaired) electrons. The van der Waals surface area contributed by atoms with Crippen LogP contribution in [0.3, 0.4) is 0 Å². The molecule has 0 aromatic heterocycles. The van der Waals surface area contributed by atoms with Gasteiger partial charge in [-0.25, -0.2) is 0 Å². The fourth-order valence-electron chi connectivity index (χ4n) is 4.91. The number of nitrogens with one attached hydrogen (secondary N) is 2. The Morgan fingerprint density at radius 3 is 2.52 bits per heavy atom. The molecule has 2 aliphatic rings. The van der Waals surface area contributed by atoms with Gasteiger partial charge >= 0.3 is 0 Å². The third kappa shape index (κ3) is 6.30. The maximum Gasteiger partial charge on any atom is 0.238 e. The SMILES string of the molecule is CCc1ccccc1NC(=O)CN1CCN([C@H](C)C(=O)N[C@@H]2CCC[C@H](C)[C@@H]2C)CC1. The molecule has 6 nitrogen and oxygen atoms in total. The average molecular weight is 429 g/mol. The molecule has 2 amide bonds. The van der Waals surface area contributed by atoms with Gasteiger partial charge in [-0.1, -0.05) is 51.8 Å². The van der Waals surface area contributed by atoms with Crippen molar-refractivity contribution in [1.82, 2.24) is 15.1 Å². The summed E-state index contributed by atoms with van der Waals surface area (Å²) in [5.41, 5.74) is 2.06. The minimum absolute atomic E-state index is 0.0283. The van der Waals surface area contributed by atoms with Gasteiger partial charge in [0.25, 0.3) is 0 Å². The van der Waals surface area contributed by atoms with Crippen molar-refractivity contribution >= 4 is 17.5 Å². The number of carbonyl (C=O) groups is 2. The largest absolute Gasteiger partial charge is 0.352 e. The van der Waals surface area contributed by atoms with Crippen molar-refractivity contribution < 1.29 is 9.59 Å². The molecule has 1 aromatic carbocycles. The molecule has 0 bridgehead atoms. The van der Waals surface area contributed by atoms with Crippen molar-refractivity contribution in [2.75, 3.05) is 38.0 Å². The van der Waals surface area contributed by atoms with E-state index in [9.17, 15) is 9.59 Å². The maximum absolute atomic E-state index is 12.9. The number of piperazine rings is 1. The molecule has 1 heterocycles. The molecule has 172 valence electrons. The van der Waals surface area contributed by atoms with Gasteiger partial charge in [0.15, 0.2) is 0 Å². The van der Waals surface area contributed by atoms with Gasteiger partial charge in [0.2, 0.25) is 11.8 Å². The Labute approximate surface area is 187 Å². The van der Waals surface area contributed by atoms with Crippen LogP contribution in [0, 0.1) is 11.8 Å². The summed E-state index contributed by atoms with van der Waals surface area (Å²) in [5.74, 6) is 1.39. The third-order valence-electron chi connectivity index (χ3n) is 7.41. The zero-order valence-corrected chi connectivity index (χ0v) is 19.7. The lowest BCUT2D eigenvalue weighted by atomic mass is 9.78. The zero-order chi connectivity index (χ0) is 22.4. The summed E-state index contributed by atoms with van der Waals surface area (Å²) in [7, 11) is 0. The van der Waals surface area contributed by atoms with E-state index in [4.69, 9.17) is 0 Å². The van der Waals surface area contributed by atoms with E-state index in [0.717, 1.165) is 50.3 Å². The van der Waals surface area contributed by atoms with Crippen LogP contribution in [0.2, 0.25) is 0 Å². The number of hydrogen-bond donors (Lipinski definition) is 2. The van der Waals surface area contributed by atoms with Crippen LogP contribution < -0.4 is 10.6 Å². The van der Waals surface area contributed by atoms with Crippen LogP contribution in [0.4, 0.5) is 5.69 Å². The smallest absolute Gasteiger partial charge is 0.238 e. The Kier molecular flexibility index (Phi) is 8.50. The Hall–Kier alpha value is -1.92. The summed E-state index contributed by atoms with van der Waals surface area (Å²) >= 11 is 0. The first-order valence-corrected chi connectivity index (χ1v) is 12.0. The molecule has 3 rings (SSSR count). The van der Waals surface area contributed by atoms with E-state index in [1.807, 2.05) is 25.1 Å². The van der Waals surface area contributed by atoms with E-state index >= 15 is 0 Å². The number of para-hydroxylation sites is 1. The van der Waals surface area contributed by atoms with Crippen molar-refractivity contribution in [3.63, 3.8) is 0 Å². The minimum Gasteiger partial charge on any atom is -0.352 e. The molecule has 31 heavy (non-hydrogen) atoms. The molecule has 4 atom stereocenters. The summed E-state index contributed by atoms with van der Waals surface area (Å²) in [6, 6.07) is 8.14. The normalized spacial score (nSPS) is 26.3. The molecule has 1 aliphatic carbocycles. The van der Waals surface area contributed by atoms with E-state index in [0.29, 0.717) is 24.4 Å².